The molecule has 0 fully saturated rings. The lowest BCUT2D eigenvalue weighted by Crippen LogP contribution is -2.28. The summed E-state index contributed by atoms with van der Waals surface area (Å²) in [6, 6.07) is 12.6. The molecule has 2 aromatic rings. The highest BCUT2D eigenvalue weighted by atomic mass is 35.5. The summed E-state index contributed by atoms with van der Waals surface area (Å²) in [5, 5.41) is 8.48. The first-order valence-corrected chi connectivity index (χ1v) is 10.3. The van der Waals surface area contributed by atoms with Crippen molar-refractivity contribution in [3.63, 3.8) is 0 Å². The number of anilines is 1. The third kappa shape index (κ3) is 5.80. The largest absolute Gasteiger partial charge is 0.481 e. The summed E-state index contributed by atoms with van der Waals surface area (Å²) in [4.78, 5) is 23.1. The highest BCUT2D eigenvalue weighted by Gasteiger charge is 2.24. The van der Waals surface area contributed by atoms with Crippen LogP contribution in [-0.4, -0.2) is 30.5 Å². The Morgan fingerprint density at radius 2 is 1.56 bits per heavy atom. The standard InChI is InChI=1S/C19H20ClNO5S/c1-2-17(11-12-18(22)23)27(25,26)21-16-9-5-14(6-10-16)19(24)13-3-7-15(20)8-4-13/h3-10,17,21H,2,11-12H2,1H3,(H,22,23). The molecule has 6 nitrogen and oxygen atoms in total. The molecule has 0 saturated heterocycles. The molecule has 2 aromatic carbocycles. The van der Waals surface area contributed by atoms with Crippen molar-refractivity contribution in [2.75, 3.05) is 4.72 Å². The van der Waals surface area contributed by atoms with Crippen molar-refractivity contribution in [3.05, 3.63) is 64.7 Å². The molecule has 1 unspecified atom stereocenters. The molecule has 0 amide bonds. The number of hydrogen-bond acceptors (Lipinski definition) is 4. The van der Waals surface area contributed by atoms with E-state index in [2.05, 4.69) is 4.72 Å². The van der Waals surface area contributed by atoms with Gasteiger partial charge in [-0.2, -0.15) is 0 Å². The summed E-state index contributed by atoms with van der Waals surface area (Å²) in [7, 11) is -3.72. The van der Waals surface area contributed by atoms with Crippen LogP contribution in [0.3, 0.4) is 0 Å². The average molecular weight is 410 g/mol. The topological polar surface area (TPSA) is 101 Å². The van der Waals surface area contributed by atoms with Gasteiger partial charge < -0.3 is 5.11 Å². The number of hydrogen-bond donors (Lipinski definition) is 2. The van der Waals surface area contributed by atoms with Crippen molar-refractivity contribution in [1.29, 1.82) is 0 Å². The van der Waals surface area contributed by atoms with Gasteiger partial charge in [-0.3, -0.25) is 14.3 Å². The Hall–Kier alpha value is -2.38. The highest BCUT2D eigenvalue weighted by Crippen LogP contribution is 2.20. The Morgan fingerprint density at radius 1 is 1.04 bits per heavy atom. The Balaban J connectivity index is 2.11. The number of halogens is 1. The molecule has 0 aromatic heterocycles. The zero-order chi connectivity index (χ0) is 20.0. The molecule has 2 N–H and O–H groups in total. The molecule has 0 radical (unpaired) electrons. The van der Waals surface area contributed by atoms with Crippen molar-refractivity contribution in [1.82, 2.24) is 0 Å². The number of carboxylic acids is 1. The predicted octanol–water partition coefficient (Wildman–Crippen LogP) is 3.96. The molecule has 0 spiro atoms. The number of nitrogens with one attached hydrogen (secondary N) is 1. The van der Waals surface area contributed by atoms with Crippen LogP contribution in [-0.2, 0) is 14.8 Å². The number of carbonyl (C=O) groups is 2. The summed E-state index contributed by atoms with van der Waals surface area (Å²) in [6.07, 6.45) is 0.123. The molecule has 0 aliphatic rings. The summed E-state index contributed by atoms with van der Waals surface area (Å²) >= 11 is 5.81. The van der Waals surface area contributed by atoms with Crippen molar-refractivity contribution < 1.29 is 23.1 Å². The molecule has 0 aliphatic carbocycles. The van der Waals surface area contributed by atoms with E-state index < -0.39 is 21.2 Å². The molecular formula is C19H20ClNO5S. The lowest BCUT2D eigenvalue weighted by molar-refractivity contribution is -0.137. The van der Waals surface area contributed by atoms with Crippen molar-refractivity contribution in [2.45, 2.75) is 31.4 Å². The van der Waals surface area contributed by atoms with Crippen LogP contribution >= 0.6 is 11.6 Å². The minimum Gasteiger partial charge on any atom is -0.481 e. The van der Waals surface area contributed by atoms with E-state index in [9.17, 15) is 18.0 Å². The zero-order valence-corrected chi connectivity index (χ0v) is 16.3. The first-order valence-electron chi connectivity index (χ1n) is 8.36. The van der Waals surface area contributed by atoms with Crippen molar-refractivity contribution >= 4 is 39.1 Å². The quantitative estimate of drug-likeness (QED) is 0.610. The SMILES string of the molecule is CCC(CCC(=O)O)S(=O)(=O)Nc1ccc(C(=O)c2ccc(Cl)cc2)cc1. The van der Waals surface area contributed by atoms with Gasteiger partial charge in [0.2, 0.25) is 10.0 Å². The fourth-order valence-corrected chi connectivity index (χ4v) is 4.19. The summed E-state index contributed by atoms with van der Waals surface area (Å²) in [6.45, 7) is 1.69. The number of benzene rings is 2. The number of carboxylic acid groups (broad SMARTS) is 1. The van der Waals surface area contributed by atoms with E-state index in [1.54, 1.807) is 31.2 Å². The second kappa shape index (κ2) is 9.01. The van der Waals surface area contributed by atoms with E-state index in [1.807, 2.05) is 0 Å². The van der Waals surface area contributed by atoms with Gasteiger partial charge in [0.05, 0.1) is 5.25 Å². The minimum absolute atomic E-state index is 0.0360. The van der Waals surface area contributed by atoms with Gasteiger partial charge in [0, 0.05) is 28.3 Å². The maximum absolute atomic E-state index is 12.4. The van der Waals surface area contributed by atoms with E-state index in [-0.39, 0.29) is 18.6 Å². The van der Waals surface area contributed by atoms with Crippen LogP contribution in [0.25, 0.3) is 0 Å². The first kappa shape index (κ1) is 20.9. The van der Waals surface area contributed by atoms with Crippen LogP contribution in [0, 0.1) is 0 Å². The minimum atomic E-state index is -3.72. The van der Waals surface area contributed by atoms with E-state index in [1.165, 1.54) is 24.3 Å². The number of rotatable bonds is 9. The second-order valence-corrected chi connectivity index (χ2v) is 8.42. The highest BCUT2D eigenvalue weighted by molar-refractivity contribution is 7.93. The first-order chi connectivity index (χ1) is 12.7. The van der Waals surface area contributed by atoms with Crippen LogP contribution in [0.4, 0.5) is 5.69 Å². The van der Waals surface area contributed by atoms with Gasteiger partial charge in [-0.1, -0.05) is 18.5 Å². The molecule has 0 aliphatic heterocycles. The average Bonchev–Trinajstić information content (AvgIpc) is 2.62. The van der Waals surface area contributed by atoms with E-state index in [0.29, 0.717) is 28.3 Å². The second-order valence-electron chi connectivity index (χ2n) is 6.02. The third-order valence-corrected chi connectivity index (χ3v) is 6.31. The third-order valence-electron chi connectivity index (χ3n) is 4.09. The number of ketones is 1. The molecule has 27 heavy (non-hydrogen) atoms. The van der Waals surface area contributed by atoms with Gasteiger partial charge in [0.15, 0.2) is 5.78 Å². The maximum atomic E-state index is 12.4. The normalized spacial score (nSPS) is 12.4. The van der Waals surface area contributed by atoms with E-state index in [0.717, 1.165) is 0 Å². The lowest BCUT2D eigenvalue weighted by Gasteiger charge is -2.16. The Labute approximate surface area is 163 Å². The monoisotopic (exact) mass is 409 g/mol. The Kier molecular flexibility index (Phi) is 6.98. The van der Waals surface area contributed by atoms with Crippen molar-refractivity contribution in [3.8, 4) is 0 Å². The van der Waals surface area contributed by atoms with Crippen LogP contribution in [0.1, 0.15) is 42.1 Å². The Morgan fingerprint density at radius 3 is 2.04 bits per heavy atom. The molecule has 144 valence electrons. The molecule has 0 saturated carbocycles. The molecular weight excluding hydrogens is 390 g/mol. The van der Waals surface area contributed by atoms with E-state index in [4.69, 9.17) is 16.7 Å². The van der Waals surface area contributed by atoms with Crippen molar-refractivity contribution in [2.24, 2.45) is 0 Å². The van der Waals surface area contributed by atoms with Gasteiger partial charge in [-0.25, -0.2) is 8.42 Å². The van der Waals surface area contributed by atoms with Crippen LogP contribution in [0.15, 0.2) is 48.5 Å². The van der Waals surface area contributed by atoms with E-state index >= 15 is 0 Å². The number of carbonyl (C=O) groups excluding carboxylic acids is 1. The molecule has 8 heteroatoms. The van der Waals surface area contributed by atoms with Gasteiger partial charge in [-0.15, -0.1) is 0 Å². The maximum Gasteiger partial charge on any atom is 0.303 e. The Bertz CT molecular complexity index is 908. The smallest absolute Gasteiger partial charge is 0.303 e. The van der Waals surface area contributed by atoms with Crippen LogP contribution in [0.2, 0.25) is 5.02 Å². The predicted molar refractivity (Wildman–Crippen MR) is 105 cm³/mol. The fourth-order valence-electron chi connectivity index (χ4n) is 2.57. The number of aliphatic carboxylic acids is 1. The summed E-state index contributed by atoms with van der Waals surface area (Å²) in [5.41, 5.74) is 1.21. The summed E-state index contributed by atoms with van der Waals surface area (Å²) in [5.74, 6) is -1.23. The number of sulfonamides is 1. The molecule has 0 heterocycles. The van der Waals surface area contributed by atoms with Gasteiger partial charge in [0.25, 0.3) is 0 Å². The van der Waals surface area contributed by atoms with Gasteiger partial charge >= 0.3 is 5.97 Å². The summed E-state index contributed by atoms with van der Waals surface area (Å²) < 4.78 is 27.3. The molecule has 1 atom stereocenters. The molecule has 2 rings (SSSR count). The van der Waals surface area contributed by atoms with Gasteiger partial charge in [-0.05, 0) is 61.4 Å². The fraction of sp³-hybridized carbons (Fsp3) is 0.263. The van der Waals surface area contributed by atoms with Crippen LogP contribution < -0.4 is 4.72 Å². The zero-order valence-electron chi connectivity index (χ0n) is 14.7. The lowest BCUT2D eigenvalue weighted by atomic mass is 10.0. The van der Waals surface area contributed by atoms with Crippen LogP contribution in [0.5, 0.6) is 0 Å². The van der Waals surface area contributed by atoms with Gasteiger partial charge in [0.1, 0.15) is 0 Å². The molecule has 0 bridgehead atoms.